The summed E-state index contributed by atoms with van der Waals surface area (Å²) in [6.07, 6.45) is 3.67. The lowest BCUT2D eigenvalue weighted by Crippen LogP contribution is -1.96. The lowest BCUT2D eigenvalue weighted by Gasteiger charge is -2.02. The molecule has 17 heavy (non-hydrogen) atoms. The van der Waals surface area contributed by atoms with Crippen LogP contribution in [0.3, 0.4) is 0 Å². The average molecular weight is 358 g/mol. The maximum absolute atomic E-state index is 4.34. The third-order valence-corrected chi connectivity index (χ3v) is 3.59. The Hall–Kier alpha value is -0.540. The summed E-state index contributed by atoms with van der Waals surface area (Å²) in [7, 11) is 0.799. The van der Waals surface area contributed by atoms with Crippen LogP contribution < -0.4 is 5.30 Å². The Balaban J connectivity index is 0.000000686. The Labute approximate surface area is 118 Å². The van der Waals surface area contributed by atoms with E-state index < -0.39 is 0 Å². The maximum Gasteiger partial charge on any atom is 0.0896 e. The molecule has 2 nitrogen and oxygen atoms in total. The fraction of sp³-hybridized carbons (Fsp3) is 0.231. The summed E-state index contributed by atoms with van der Waals surface area (Å²) < 4.78 is 1.18. The molecule has 1 unspecified atom stereocenters. The highest BCUT2D eigenvalue weighted by Crippen LogP contribution is 2.16. The molecule has 0 saturated carbocycles. The molecule has 0 amide bonds. The van der Waals surface area contributed by atoms with Crippen LogP contribution in [0.2, 0.25) is 0 Å². The number of aromatic nitrogens is 2. The van der Waals surface area contributed by atoms with E-state index in [0.29, 0.717) is 0 Å². The summed E-state index contributed by atoms with van der Waals surface area (Å²) in [5.41, 5.74) is 1.90. The molecule has 2 rings (SSSR count). The summed E-state index contributed by atoms with van der Waals surface area (Å²) in [5.74, 6) is 0. The summed E-state index contributed by atoms with van der Waals surface area (Å²) in [4.78, 5) is 8.66. The van der Waals surface area contributed by atoms with Crippen molar-refractivity contribution < 1.29 is 0 Å². The van der Waals surface area contributed by atoms with Crippen molar-refractivity contribution in [3.63, 3.8) is 0 Å². The third-order valence-electron chi connectivity index (χ3n) is 2.03. The second-order valence-electron chi connectivity index (χ2n) is 3.04. The minimum absolute atomic E-state index is 0.799. The van der Waals surface area contributed by atoms with Gasteiger partial charge in [0.25, 0.3) is 0 Å². The Bertz CT molecular complexity index is 474. The molecule has 0 aromatic carbocycles. The van der Waals surface area contributed by atoms with E-state index >= 15 is 0 Å². The first-order valence-electron chi connectivity index (χ1n) is 5.55. The minimum atomic E-state index is 0.799. The van der Waals surface area contributed by atoms with Gasteiger partial charge in [0.1, 0.15) is 0 Å². The molecule has 2 aromatic heterocycles. The van der Waals surface area contributed by atoms with E-state index in [-0.39, 0.29) is 0 Å². The Morgan fingerprint density at radius 3 is 2.18 bits per heavy atom. The molecule has 0 N–H and O–H groups in total. The standard InChI is InChI=1S/C11H10IN2P.C2H6/c1-15-9-3-5-14-11(7-9)10-6-8(12)2-4-13-10;1-2/h2-7,15H,1H3;1-2H3. The van der Waals surface area contributed by atoms with Gasteiger partial charge in [0, 0.05) is 16.0 Å². The third kappa shape index (κ3) is 4.32. The van der Waals surface area contributed by atoms with Crippen LogP contribution in [0, 0.1) is 3.57 Å². The monoisotopic (exact) mass is 358 g/mol. The average Bonchev–Trinajstić information content (AvgIpc) is 2.41. The van der Waals surface area contributed by atoms with Gasteiger partial charge in [0.15, 0.2) is 0 Å². The van der Waals surface area contributed by atoms with Gasteiger partial charge in [-0.25, -0.2) is 0 Å². The molecule has 0 fully saturated rings. The number of hydrogen-bond acceptors (Lipinski definition) is 2. The summed E-state index contributed by atoms with van der Waals surface area (Å²) in [5, 5.41) is 1.32. The normalized spacial score (nSPS) is 10.1. The fourth-order valence-electron chi connectivity index (χ4n) is 1.27. The minimum Gasteiger partial charge on any atom is -0.255 e. The van der Waals surface area contributed by atoms with Gasteiger partial charge in [-0.15, -0.1) is 0 Å². The predicted octanol–water partition coefficient (Wildman–Crippen LogP) is 3.71. The molecule has 0 bridgehead atoms. The molecule has 90 valence electrons. The van der Waals surface area contributed by atoms with Crippen LogP contribution in [0.4, 0.5) is 0 Å². The summed E-state index contributed by atoms with van der Waals surface area (Å²) >= 11 is 2.28. The van der Waals surface area contributed by atoms with Crippen molar-refractivity contribution in [3.05, 3.63) is 40.2 Å². The van der Waals surface area contributed by atoms with E-state index in [0.717, 1.165) is 20.0 Å². The smallest absolute Gasteiger partial charge is 0.0896 e. The van der Waals surface area contributed by atoms with Gasteiger partial charge in [0.05, 0.1) is 11.4 Å². The van der Waals surface area contributed by atoms with E-state index in [1.807, 2.05) is 38.4 Å². The molecule has 0 saturated heterocycles. The molecule has 2 heterocycles. The number of pyridine rings is 2. The van der Waals surface area contributed by atoms with Gasteiger partial charge in [-0.05, 0) is 58.8 Å². The van der Waals surface area contributed by atoms with Crippen molar-refractivity contribution in [1.29, 1.82) is 0 Å². The van der Waals surface area contributed by atoms with Gasteiger partial charge in [-0.3, -0.25) is 9.97 Å². The fourth-order valence-corrected chi connectivity index (χ4v) is 2.25. The van der Waals surface area contributed by atoms with Crippen LogP contribution in [-0.4, -0.2) is 16.6 Å². The Morgan fingerprint density at radius 2 is 1.59 bits per heavy atom. The van der Waals surface area contributed by atoms with Crippen molar-refractivity contribution in [2.45, 2.75) is 13.8 Å². The number of halogens is 1. The van der Waals surface area contributed by atoms with Crippen molar-refractivity contribution in [2.75, 3.05) is 6.66 Å². The van der Waals surface area contributed by atoms with Crippen LogP contribution >= 0.6 is 31.2 Å². The van der Waals surface area contributed by atoms with Crippen LogP contribution in [0.15, 0.2) is 36.7 Å². The number of hydrogen-bond donors (Lipinski definition) is 0. The molecule has 2 aromatic rings. The van der Waals surface area contributed by atoms with Crippen molar-refractivity contribution >= 4 is 36.5 Å². The van der Waals surface area contributed by atoms with Gasteiger partial charge < -0.3 is 0 Å². The number of nitrogens with zero attached hydrogens (tertiary/aromatic N) is 2. The summed E-state index contributed by atoms with van der Waals surface area (Å²) in [6.45, 7) is 6.17. The van der Waals surface area contributed by atoms with Crippen LogP contribution in [0.1, 0.15) is 13.8 Å². The SMILES string of the molecule is CC.CPc1ccnc(-c2cc(I)ccn2)c1. The first-order valence-corrected chi connectivity index (χ1v) is 8.13. The van der Waals surface area contributed by atoms with Crippen LogP contribution in [0.25, 0.3) is 11.4 Å². The van der Waals surface area contributed by atoms with Crippen molar-refractivity contribution in [2.24, 2.45) is 0 Å². The Kier molecular flexibility index (Phi) is 6.60. The van der Waals surface area contributed by atoms with E-state index in [1.165, 1.54) is 8.87 Å². The van der Waals surface area contributed by atoms with E-state index in [1.54, 1.807) is 0 Å². The highest BCUT2D eigenvalue weighted by Gasteiger charge is 2.01. The van der Waals surface area contributed by atoms with Gasteiger partial charge in [-0.2, -0.15) is 0 Å². The molecule has 1 atom stereocenters. The zero-order valence-corrected chi connectivity index (χ0v) is 13.4. The maximum atomic E-state index is 4.34. The lowest BCUT2D eigenvalue weighted by atomic mass is 10.2. The highest BCUT2D eigenvalue weighted by molar-refractivity contribution is 14.1. The van der Waals surface area contributed by atoms with Crippen molar-refractivity contribution in [3.8, 4) is 11.4 Å². The second-order valence-corrected chi connectivity index (χ2v) is 5.36. The van der Waals surface area contributed by atoms with Crippen LogP contribution in [0.5, 0.6) is 0 Å². The molecule has 0 aliphatic carbocycles. The summed E-state index contributed by atoms with van der Waals surface area (Å²) in [6, 6.07) is 8.19. The highest BCUT2D eigenvalue weighted by atomic mass is 127. The van der Waals surface area contributed by atoms with E-state index in [2.05, 4.69) is 51.4 Å². The largest absolute Gasteiger partial charge is 0.255 e. The zero-order valence-electron chi connectivity index (χ0n) is 10.2. The number of rotatable bonds is 2. The van der Waals surface area contributed by atoms with Gasteiger partial charge in [-0.1, -0.05) is 22.4 Å². The molecular weight excluding hydrogens is 342 g/mol. The molecule has 0 spiro atoms. The molecule has 0 aliphatic rings. The molecule has 0 aliphatic heterocycles. The van der Waals surface area contributed by atoms with E-state index in [9.17, 15) is 0 Å². The van der Waals surface area contributed by atoms with Crippen LogP contribution in [-0.2, 0) is 0 Å². The second kappa shape index (κ2) is 7.72. The topological polar surface area (TPSA) is 25.8 Å². The predicted molar refractivity (Wildman–Crippen MR) is 85.4 cm³/mol. The molecule has 4 heteroatoms. The zero-order chi connectivity index (χ0) is 12.7. The lowest BCUT2D eigenvalue weighted by molar-refractivity contribution is 1.25. The Morgan fingerprint density at radius 1 is 1.00 bits per heavy atom. The van der Waals surface area contributed by atoms with Gasteiger partial charge in [0.2, 0.25) is 0 Å². The molecule has 0 radical (unpaired) electrons. The first kappa shape index (κ1) is 14.5. The molecular formula is C13H16IN2P. The van der Waals surface area contributed by atoms with E-state index in [4.69, 9.17) is 0 Å². The van der Waals surface area contributed by atoms with Crippen molar-refractivity contribution in [1.82, 2.24) is 9.97 Å². The quantitative estimate of drug-likeness (QED) is 0.604. The van der Waals surface area contributed by atoms with Gasteiger partial charge >= 0.3 is 0 Å². The first-order chi connectivity index (χ1) is 8.29.